The summed E-state index contributed by atoms with van der Waals surface area (Å²) in [5.74, 6) is -3.31. The van der Waals surface area contributed by atoms with E-state index in [4.69, 9.17) is 11.0 Å². The second-order valence-electron chi connectivity index (χ2n) is 5.78. The van der Waals surface area contributed by atoms with Gasteiger partial charge in [0.25, 0.3) is 10.0 Å². The standard InChI is InChI=1S/C16H13FN3O5PS2.2H3N/c17-13-6-9(1-2-10(13)8-18)16(26(21,22)23)20-28(24,25)15-7-11-5-12(19)3-4-14(11)27-15;;/h1-7,16,20H,19H2,(H2,21,22,23);2*1H3. The minimum Gasteiger partial charge on any atom is -0.809 e. The zero-order valence-electron chi connectivity index (χ0n) is 15.8. The molecule has 0 fully saturated rings. The second kappa shape index (κ2) is 9.17. The quantitative estimate of drug-likeness (QED) is 0.316. The Balaban J connectivity index is 0.00000225. The van der Waals surface area contributed by atoms with Crippen LogP contribution in [0.4, 0.5) is 10.1 Å². The fourth-order valence-corrected chi connectivity index (χ4v) is 6.40. The van der Waals surface area contributed by atoms with Crippen LogP contribution >= 0.6 is 18.9 Å². The van der Waals surface area contributed by atoms with Crippen molar-refractivity contribution >= 4 is 44.7 Å². The van der Waals surface area contributed by atoms with E-state index in [0.717, 1.165) is 23.5 Å². The molecule has 11 N–H and O–H groups in total. The summed E-state index contributed by atoms with van der Waals surface area (Å²) in [5, 5.41) is 9.27. The van der Waals surface area contributed by atoms with Gasteiger partial charge in [-0.1, -0.05) is 6.07 Å². The van der Waals surface area contributed by atoms with Gasteiger partial charge in [0, 0.05) is 10.4 Å². The Kier molecular flexibility index (Phi) is 7.84. The van der Waals surface area contributed by atoms with E-state index >= 15 is 0 Å². The van der Waals surface area contributed by atoms with Crippen LogP contribution in [-0.2, 0) is 14.6 Å². The lowest BCUT2D eigenvalue weighted by atomic mass is 10.1. The summed E-state index contributed by atoms with van der Waals surface area (Å²) >= 11 is 0.853. The Hall–Kier alpha value is -2.40. The monoisotopic (exact) mass is 475 g/mol. The maximum absolute atomic E-state index is 13.8. The number of fused-ring (bicyclic) bond motifs is 1. The van der Waals surface area contributed by atoms with Gasteiger partial charge < -0.3 is 32.4 Å². The SMILES string of the molecule is N#Cc1ccc(C(NS(=O)(=O)c2cc3cc(N)ccc3s2)P(=O)([O-])[O-])cc1F.[NH4+].[NH4+]. The number of thiophene rings is 1. The Morgan fingerprint density at radius 2 is 1.83 bits per heavy atom. The van der Waals surface area contributed by atoms with Gasteiger partial charge in [-0.3, -0.25) is 0 Å². The lowest BCUT2D eigenvalue weighted by Gasteiger charge is -2.38. The highest BCUT2D eigenvalue weighted by atomic mass is 32.2. The maximum atomic E-state index is 13.8. The van der Waals surface area contributed by atoms with Gasteiger partial charge in [0.05, 0.1) is 11.3 Å². The number of quaternary nitrogens is 2. The summed E-state index contributed by atoms with van der Waals surface area (Å²) in [4.78, 5) is 23.3. The van der Waals surface area contributed by atoms with E-state index in [1.807, 2.05) is 4.72 Å². The predicted octanol–water partition coefficient (Wildman–Crippen LogP) is 2.14. The van der Waals surface area contributed by atoms with Crippen LogP contribution < -0.4 is 32.5 Å². The van der Waals surface area contributed by atoms with Crippen molar-refractivity contribution in [2.24, 2.45) is 0 Å². The molecule has 30 heavy (non-hydrogen) atoms. The van der Waals surface area contributed by atoms with Crippen LogP contribution in [0.25, 0.3) is 10.1 Å². The smallest absolute Gasteiger partial charge is 0.250 e. The molecule has 3 rings (SSSR count). The first-order valence-electron chi connectivity index (χ1n) is 7.54. The number of hydrogen-bond acceptors (Lipinski definition) is 8. The largest absolute Gasteiger partial charge is 0.809 e. The first kappa shape index (κ1) is 25.6. The van der Waals surface area contributed by atoms with Crippen LogP contribution in [-0.4, -0.2) is 8.42 Å². The van der Waals surface area contributed by atoms with Crippen molar-refractivity contribution in [2.75, 3.05) is 5.73 Å². The predicted molar refractivity (Wildman–Crippen MR) is 110 cm³/mol. The summed E-state index contributed by atoms with van der Waals surface area (Å²) in [5.41, 5.74) is 5.26. The van der Waals surface area contributed by atoms with E-state index in [1.165, 1.54) is 6.07 Å². The van der Waals surface area contributed by atoms with Crippen molar-refractivity contribution in [3.8, 4) is 6.07 Å². The van der Waals surface area contributed by atoms with Gasteiger partial charge in [0.1, 0.15) is 16.1 Å². The second-order valence-corrected chi connectivity index (χ2v) is 10.4. The molecule has 3 aromatic rings. The first-order chi connectivity index (χ1) is 13.0. The molecule has 0 saturated carbocycles. The van der Waals surface area contributed by atoms with Crippen molar-refractivity contribution in [1.29, 1.82) is 5.26 Å². The molecule has 0 spiro atoms. The van der Waals surface area contributed by atoms with Crippen molar-refractivity contribution in [3.05, 3.63) is 59.4 Å². The fourth-order valence-electron chi connectivity index (χ4n) is 2.48. The molecule has 1 atom stereocenters. The zero-order valence-corrected chi connectivity index (χ0v) is 18.4. The van der Waals surface area contributed by atoms with Crippen LogP contribution in [0.1, 0.15) is 16.9 Å². The number of sulfonamides is 1. The molecule has 14 heteroatoms. The molecule has 10 nitrogen and oxygen atoms in total. The molecule has 0 aliphatic carbocycles. The van der Waals surface area contributed by atoms with Crippen molar-refractivity contribution in [3.63, 3.8) is 0 Å². The number of nitrogen functional groups attached to an aromatic ring is 1. The number of hydrogen-bond donors (Lipinski definition) is 4. The highest BCUT2D eigenvalue weighted by molar-refractivity contribution is 7.92. The molecule has 0 aliphatic rings. The van der Waals surface area contributed by atoms with Crippen LogP contribution in [0, 0.1) is 17.1 Å². The molecule has 0 aliphatic heterocycles. The van der Waals surface area contributed by atoms with Crippen LogP contribution in [0.3, 0.4) is 0 Å². The van der Waals surface area contributed by atoms with E-state index in [9.17, 15) is 27.2 Å². The molecular formula is C16H19FN5O5PS2. The molecule has 2 aromatic carbocycles. The number of halogens is 1. The Morgan fingerprint density at radius 1 is 1.17 bits per heavy atom. The van der Waals surface area contributed by atoms with E-state index in [1.54, 1.807) is 24.3 Å². The lowest BCUT2D eigenvalue weighted by Crippen LogP contribution is -2.34. The Morgan fingerprint density at radius 3 is 2.40 bits per heavy atom. The van der Waals surface area contributed by atoms with E-state index < -0.39 is 34.8 Å². The lowest BCUT2D eigenvalue weighted by molar-refractivity contribution is -0.317. The summed E-state index contributed by atoms with van der Waals surface area (Å²) in [6.07, 6.45) is 0. The van der Waals surface area contributed by atoms with E-state index in [0.29, 0.717) is 21.8 Å². The molecule has 0 radical (unpaired) electrons. The molecule has 1 heterocycles. The number of nitrogens with zero attached hydrogens (tertiary/aromatic N) is 1. The van der Waals surface area contributed by atoms with E-state index in [-0.39, 0.29) is 22.1 Å². The fraction of sp³-hybridized carbons (Fsp3) is 0.0625. The minimum atomic E-state index is -5.56. The third-order valence-corrected chi connectivity index (χ3v) is 8.04. The van der Waals surface area contributed by atoms with Crippen molar-refractivity contribution in [1.82, 2.24) is 17.0 Å². The molecule has 0 amide bonds. The summed E-state index contributed by atoms with van der Waals surface area (Å²) in [7, 11) is -9.98. The van der Waals surface area contributed by atoms with Gasteiger partial charge in [0.15, 0.2) is 0 Å². The molecule has 0 bridgehead atoms. The average Bonchev–Trinajstić information content (AvgIpc) is 3.03. The third kappa shape index (κ3) is 5.20. The Labute approximate surface area is 175 Å². The number of benzene rings is 2. The average molecular weight is 475 g/mol. The van der Waals surface area contributed by atoms with Crippen molar-refractivity contribution < 1.29 is 27.2 Å². The first-order valence-corrected chi connectivity index (χ1v) is 11.4. The molecular weight excluding hydrogens is 456 g/mol. The number of rotatable bonds is 5. The molecule has 1 unspecified atom stereocenters. The molecule has 1 aromatic heterocycles. The van der Waals surface area contributed by atoms with Gasteiger partial charge >= 0.3 is 0 Å². The molecule has 0 saturated heterocycles. The number of anilines is 1. The third-order valence-electron chi connectivity index (χ3n) is 3.79. The van der Waals surface area contributed by atoms with E-state index in [2.05, 4.69) is 0 Å². The topological polar surface area (TPSA) is 232 Å². The van der Waals surface area contributed by atoms with Gasteiger partial charge in [-0.25, -0.2) is 12.8 Å². The summed E-state index contributed by atoms with van der Waals surface area (Å²) in [6.45, 7) is 0. The molecule has 162 valence electrons. The van der Waals surface area contributed by atoms with Gasteiger partial charge in [-0.15, -0.1) is 11.3 Å². The number of nitrogens with two attached hydrogens (primary N) is 1. The van der Waals surface area contributed by atoms with Crippen LogP contribution in [0.2, 0.25) is 0 Å². The minimum absolute atomic E-state index is 0. The highest BCUT2D eigenvalue weighted by Crippen LogP contribution is 2.44. The highest BCUT2D eigenvalue weighted by Gasteiger charge is 2.26. The Bertz CT molecular complexity index is 1270. The number of nitrogens with one attached hydrogen (secondary N) is 1. The summed E-state index contributed by atoms with van der Waals surface area (Å²) in [6, 6.07) is 10.2. The van der Waals surface area contributed by atoms with Crippen LogP contribution in [0.15, 0.2) is 46.7 Å². The number of nitriles is 1. The normalized spacial score (nSPS) is 12.5. The van der Waals surface area contributed by atoms with Gasteiger partial charge in [-0.05, 0) is 54.9 Å². The van der Waals surface area contributed by atoms with Crippen molar-refractivity contribution in [2.45, 2.75) is 9.99 Å². The van der Waals surface area contributed by atoms with Crippen LogP contribution in [0.5, 0.6) is 0 Å². The maximum Gasteiger partial charge on any atom is 0.250 e. The summed E-state index contributed by atoms with van der Waals surface area (Å²) < 4.78 is 53.0. The van der Waals surface area contributed by atoms with Gasteiger partial charge in [-0.2, -0.15) is 9.98 Å². The zero-order chi connectivity index (χ0) is 20.7. The van der Waals surface area contributed by atoms with Gasteiger partial charge in [0.2, 0.25) is 0 Å².